The Morgan fingerprint density at radius 2 is 1.96 bits per heavy atom. The number of nitrogens with two attached hydrogens (primary N) is 2. The second kappa shape index (κ2) is 16.9. The number of oxime groups is 1. The zero-order valence-corrected chi connectivity index (χ0v) is 32.5. The Bertz CT molecular complexity index is 2270. The van der Waals surface area contributed by atoms with Crippen molar-refractivity contribution < 1.29 is 48.8 Å². The Balaban J connectivity index is 1.22. The minimum atomic E-state index is -1.82. The molecule has 1 unspecified atom stereocenters. The van der Waals surface area contributed by atoms with Gasteiger partial charge in [0, 0.05) is 36.8 Å². The van der Waals surface area contributed by atoms with Gasteiger partial charge in [-0.05, 0) is 43.8 Å². The maximum absolute atomic E-state index is 13.5. The van der Waals surface area contributed by atoms with Crippen molar-refractivity contribution in [3.8, 4) is 0 Å². The van der Waals surface area contributed by atoms with Crippen LogP contribution in [0.2, 0.25) is 4.34 Å². The number of carboxylic acids is 2. The molecule has 3 aromatic rings. The second-order valence-corrected chi connectivity index (χ2v) is 15.9. The Kier molecular flexibility index (Phi) is 12.5. The maximum atomic E-state index is 13.5. The lowest BCUT2D eigenvalue weighted by atomic mass is 9.89. The van der Waals surface area contributed by atoms with Crippen LogP contribution in [-0.2, 0) is 30.6 Å². The van der Waals surface area contributed by atoms with Gasteiger partial charge in [0.2, 0.25) is 11.5 Å². The lowest BCUT2D eigenvalue weighted by molar-refractivity contribution is -0.689. The fourth-order valence-corrected chi connectivity index (χ4v) is 7.86. The summed E-state index contributed by atoms with van der Waals surface area (Å²) in [6.45, 7) is 4.53. The topological polar surface area (TPSA) is 287 Å². The molecule has 1 fully saturated rings. The number of aryl methyl sites for hydroxylation is 1. The fourth-order valence-electron chi connectivity index (χ4n) is 5.54. The smallest absolute Gasteiger partial charge is 0.352 e. The van der Waals surface area contributed by atoms with Crippen molar-refractivity contribution in [1.82, 2.24) is 19.6 Å². The zero-order chi connectivity index (χ0) is 41.1. The van der Waals surface area contributed by atoms with Gasteiger partial charge in [-0.1, -0.05) is 34.2 Å². The first-order valence-electron chi connectivity index (χ1n) is 16.8. The molecule has 2 aliphatic heterocycles. The molecule has 1 amide bonds. The normalized spacial score (nSPS) is 17.1. The molecule has 0 aromatic carbocycles. The number of aromatic nitrogens is 4. The Labute approximate surface area is 331 Å². The molecule has 0 aliphatic carbocycles. The van der Waals surface area contributed by atoms with E-state index in [1.807, 2.05) is 0 Å². The molecule has 2 aliphatic rings. The van der Waals surface area contributed by atoms with E-state index in [-0.39, 0.29) is 56.5 Å². The number of aliphatic carboxylic acids is 2. The molecule has 2 atom stereocenters. The van der Waals surface area contributed by atoms with E-state index in [1.165, 1.54) is 45.1 Å². The third kappa shape index (κ3) is 9.01. The Morgan fingerprint density at radius 3 is 2.62 bits per heavy atom. The van der Waals surface area contributed by atoms with Crippen LogP contribution in [-0.4, -0.2) is 93.4 Å². The van der Waals surface area contributed by atoms with Crippen LogP contribution in [0, 0.1) is 12.8 Å². The van der Waals surface area contributed by atoms with Crippen molar-refractivity contribution in [3.63, 3.8) is 0 Å². The molecule has 0 bridgehead atoms. The standard InChI is InChI=1S/C34H36ClN9O10S2/c1-16-12-43(53)20(11-22(16)46)21(45)7-4-8-38-19-13-42(15-39-28(19)36)9-5-6-17-14-55-30-18(29(48)44(30)26(17)31(49)50)10-23(47)24(25-27(35)56-33(37)40-25)41-54-34(2,3)32(51)52/h5-6,11-13,15,18,30,36,38,53H,4,7-10,14H2,1-3H3,(H4,37,40,49,50,51,52)/p+1/b6-5+,41-24+/t18-,30?/m1/s1. The predicted molar refractivity (Wildman–Crippen MR) is 204 cm³/mol. The number of nitrogens with zero attached hydrogens (tertiary/aromatic N) is 6. The first kappa shape index (κ1) is 41.4. The van der Waals surface area contributed by atoms with Gasteiger partial charge in [0.25, 0.3) is 12.1 Å². The van der Waals surface area contributed by atoms with Crippen LogP contribution >= 0.6 is 34.7 Å². The number of hydrogen-bond acceptors (Lipinski definition) is 16. The molecule has 0 spiro atoms. The van der Waals surface area contributed by atoms with Gasteiger partial charge in [-0.2, -0.15) is 4.73 Å². The first-order valence-corrected chi connectivity index (χ1v) is 19.0. The van der Waals surface area contributed by atoms with E-state index in [1.54, 1.807) is 22.9 Å². The second-order valence-electron chi connectivity index (χ2n) is 13.1. The van der Waals surface area contributed by atoms with Crippen molar-refractivity contribution in [1.29, 1.82) is 0 Å². The lowest BCUT2D eigenvalue weighted by Gasteiger charge is -2.49. The number of Topliss-reactive ketones (excluding diaryl/α,β-unsaturated/α-hetero) is 2. The zero-order valence-electron chi connectivity index (χ0n) is 30.1. The summed E-state index contributed by atoms with van der Waals surface area (Å²) in [5, 5.41) is 35.7. The summed E-state index contributed by atoms with van der Waals surface area (Å²) in [5.74, 6) is -4.97. The van der Waals surface area contributed by atoms with E-state index in [0.717, 1.165) is 22.3 Å². The van der Waals surface area contributed by atoms with E-state index < -0.39 is 58.4 Å². The molecule has 296 valence electrons. The number of amides is 1. The van der Waals surface area contributed by atoms with Gasteiger partial charge in [-0.3, -0.25) is 24.1 Å². The number of nitrogen functional groups attached to an aromatic ring is 2. The van der Waals surface area contributed by atoms with E-state index in [4.69, 9.17) is 27.9 Å². The van der Waals surface area contributed by atoms with Crippen LogP contribution in [0.3, 0.4) is 0 Å². The SMILES string of the molecule is Cc1cn(O)c(C(=O)CCCNc2c[n+](C/C=C/C3=C(C(=O)O)N4C(=O)[C@@H](CC(=O)/C(=N\OC(C)(C)C(=O)O)c5nc(N)sc5Cl)C4SC3)cnc2N)cc1=O. The highest BCUT2D eigenvalue weighted by Gasteiger charge is 2.54. The van der Waals surface area contributed by atoms with E-state index >= 15 is 0 Å². The summed E-state index contributed by atoms with van der Waals surface area (Å²) in [6.07, 6.45) is 7.60. The van der Waals surface area contributed by atoms with E-state index in [2.05, 4.69) is 20.4 Å². The van der Waals surface area contributed by atoms with Crippen molar-refractivity contribution in [2.24, 2.45) is 11.1 Å². The van der Waals surface area contributed by atoms with Gasteiger partial charge < -0.3 is 37.0 Å². The number of carbonyl (C=O) groups excluding carboxylic acids is 3. The molecule has 19 nitrogen and oxygen atoms in total. The summed E-state index contributed by atoms with van der Waals surface area (Å²) in [4.78, 5) is 89.9. The minimum absolute atomic E-state index is 0.00147. The number of halogens is 1. The maximum Gasteiger partial charge on any atom is 0.352 e. The Morgan fingerprint density at radius 1 is 1.23 bits per heavy atom. The van der Waals surface area contributed by atoms with Crippen LogP contribution in [0.25, 0.3) is 0 Å². The number of thiazole rings is 1. The number of ketones is 2. The monoisotopic (exact) mass is 830 g/mol. The summed E-state index contributed by atoms with van der Waals surface area (Å²) in [7, 11) is 0. The van der Waals surface area contributed by atoms with E-state index in [9.17, 15) is 44.2 Å². The molecule has 3 aromatic heterocycles. The quantitative estimate of drug-likeness (QED) is 0.0216. The average Bonchev–Trinajstić information content (AvgIpc) is 3.47. The number of rotatable bonds is 17. The van der Waals surface area contributed by atoms with Gasteiger partial charge in [0.05, 0.1) is 17.5 Å². The first-order chi connectivity index (χ1) is 26.4. The summed E-state index contributed by atoms with van der Waals surface area (Å²) in [6, 6.07) is 1.10. The molecule has 5 rings (SSSR count). The number of hydrogen-bond donors (Lipinski definition) is 6. The van der Waals surface area contributed by atoms with Crippen LogP contribution in [0.5, 0.6) is 0 Å². The third-order valence-corrected chi connectivity index (χ3v) is 11.1. The van der Waals surface area contributed by atoms with Gasteiger partial charge in [0.1, 0.15) is 39.9 Å². The fraction of sp³-hybridized carbons (Fsp3) is 0.353. The molecular formula is C34H37ClN9O10S2+. The van der Waals surface area contributed by atoms with Crippen LogP contribution in [0.4, 0.5) is 16.6 Å². The van der Waals surface area contributed by atoms with Crippen molar-refractivity contribution >= 4 is 86.5 Å². The van der Waals surface area contributed by atoms with Crippen LogP contribution in [0.1, 0.15) is 54.9 Å². The number of anilines is 3. The third-order valence-electron chi connectivity index (χ3n) is 8.64. The van der Waals surface area contributed by atoms with E-state index in [0.29, 0.717) is 34.5 Å². The van der Waals surface area contributed by atoms with Gasteiger partial charge in [-0.15, -0.1) is 11.8 Å². The molecule has 1 saturated heterocycles. The molecule has 5 heterocycles. The highest BCUT2D eigenvalue weighted by atomic mass is 35.5. The number of carboxylic acid groups (broad SMARTS) is 2. The van der Waals surface area contributed by atoms with Gasteiger partial charge >= 0.3 is 11.9 Å². The van der Waals surface area contributed by atoms with Crippen molar-refractivity contribution in [3.05, 3.63) is 79.7 Å². The van der Waals surface area contributed by atoms with Gasteiger partial charge in [0.15, 0.2) is 27.8 Å². The number of β-lactam (4-membered cyclic amide) rings is 1. The highest BCUT2D eigenvalue weighted by Crippen LogP contribution is 2.45. The van der Waals surface area contributed by atoms with Crippen LogP contribution in [0.15, 0.2) is 58.2 Å². The summed E-state index contributed by atoms with van der Waals surface area (Å²) in [5.41, 5.74) is 9.84. The molecular weight excluding hydrogens is 794 g/mol. The van der Waals surface area contributed by atoms with Crippen LogP contribution < -0.4 is 26.8 Å². The number of fused-ring (bicyclic) bond motifs is 1. The largest absolute Gasteiger partial charge is 0.478 e. The summed E-state index contributed by atoms with van der Waals surface area (Å²) < 4.78 is 2.31. The molecule has 0 radical (unpaired) electrons. The number of carbonyl (C=O) groups is 5. The molecule has 22 heteroatoms. The number of allylic oxidation sites excluding steroid dienone is 2. The highest BCUT2D eigenvalue weighted by molar-refractivity contribution is 8.00. The number of nitrogens with one attached hydrogen (secondary N) is 1. The lowest BCUT2D eigenvalue weighted by Crippen LogP contribution is -2.62. The summed E-state index contributed by atoms with van der Waals surface area (Å²) >= 11 is 8.35. The molecule has 0 saturated carbocycles. The minimum Gasteiger partial charge on any atom is -0.478 e. The Hall–Kier alpha value is -5.80. The van der Waals surface area contributed by atoms with Crippen molar-refractivity contribution in [2.75, 3.05) is 29.1 Å². The van der Waals surface area contributed by atoms with Gasteiger partial charge in [-0.25, -0.2) is 19.1 Å². The molecule has 56 heavy (non-hydrogen) atoms. The van der Waals surface area contributed by atoms with Crippen molar-refractivity contribution in [2.45, 2.75) is 57.6 Å². The predicted octanol–water partition coefficient (Wildman–Crippen LogP) is 2.10. The number of thioether (sulfide) groups is 1. The number of pyridine rings is 1. The molecule has 8 N–H and O–H groups in total. The average molecular weight is 831 g/mol.